The van der Waals surface area contributed by atoms with Crippen molar-refractivity contribution in [3.8, 4) is 33.9 Å². The normalized spacial score (nSPS) is 14.0. The van der Waals surface area contributed by atoms with E-state index in [0.717, 1.165) is 74.6 Å². The molecule has 0 unspecified atom stereocenters. The summed E-state index contributed by atoms with van der Waals surface area (Å²) in [7, 11) is 0. The molecule has 7 rings (SSSR count). The lowest BCUT2D eigenvalue weighted by molar-refractivity contribution is 0.514. The number of nitrogens with two attached hydrogens (primary N) is 1. The van der Waals surface area contributed by atoms with Gasteiger partial charge in [-0.05, 0) is 36.4 Å². The third kappa shape index (κ3) is 3.32. The number of anilines is 1. The van der Waals surface area contributed by atoms with Gasteiger partial charge >= 0.3 is 0 Å². The van der Waals surface area contributed by atoms with Crippen molar-refractivity contribution in [2.45, 2.75) is 6.04 Å². The molecule has 1 aliphatic rings. The van der Waals surface area contributed by atoms with Crippen molar-refractivity contribution in [2.75, 3.05) is 18.0 Å². The van der Waals surface area contributed by atoms with Crippen LogP contribution in [0, 0.1) is 0 Å². The smallest absolute Gasteiger partial charge is 0.147 e. The Labute approximate surface area is 200 Å². The Bertz CT molecular complexity index is 1680. The second-order valence-electron chi connectivity index (χ2n) is 8.80. The Morgan fingerprint density at radius 2 is 1.69 bits per heavy atom. The quantitative estimate of drug-likeness (QED) is 0.366. The maximum atomic E-state index is 5.94. The van der Waals surface area contributed by atoms with Crippen molar-refractivity contribution in [3.63, 3.8) is 0 Å². The molecule has 4 N–H and O–H groups in total. The Hall–Kier alpha value is -4.63. The molecule has 35 heavy (non-hydrogen) atoms. The molecule has 0 saturated carbocycles. The molecule has 1 saturated heterocycles. The molecule has 9 nitrogen and oxygen atoms in total. The number of hydrogen-bond acceptors (Lipinski definition) is 7. The summed E-state index contributed by atoms with van der Waals surface area (Å²) in [4.78, 5) is 23.7. The average Bonchev–Trinajstić information content (AvgIpc) is 3.51. The van der Waals surface area contributed by atoms with E-state index < -0.39 is 0 Å². The first-order chi connectivity index (χ1) is 17.2. The zero-order valence-corrected chi connectivity index (χ0v) is 18.7. The third-order valence-corrected chi connectivity index (χ3v) is 6.47. The minimum atomic E-state index is 0.205. The van der Waals surface area contributed by atoms with Crippen LogP contribution in [-0.4, -0.2) is 54.2 Å². The SMILES string of the molecule is NC1CN(c2cncc(-c3ccc4[nH]nc(-c5cc6c(-c7ccncc7)nccc6[nH]5)c4c3)n2)C1. The Morgan fingerprint density at radius 1 is 0.829 bits per heavy atom. The summed E-state index contributed by atoms with van der Waals surface area (Å²) in [5, 5.41) is 9.83. The second kappa shape index (κ2) is 7.71. The van der Waals surface area contributed by atoms with Crippen molar-refractivity contribution in [2.24, 2.45) is 5.73 Å². The predicted octanol–water partition coefficient (Wildman–Crippen LogP) is 3.77. The van der Waals surface area contributed by atoms with Crippen molar-refractivity contribution in [1.82, 2.24) is 35.1 Å². The highest BCUT2D eigenvalue weighted by molar-refractivity contribution is 6.00. The number of aromatic amines is 2. The highest BCUT2D eigenvalue weighted by Gasteiger charge is 2.24. The van der Waals surface area contributed by atoms with E-state index >= 15 is 0 Å². The first-order valence-electron chi connectivity index (χ1n) is 11.4. The summed E-state index contributed by atoms with van der Waals surface area (Å²) in [6.07, 6.45) is 8.95. The standard InChI is InChI=1S/C26H21N9/c27-17-13-35(14-17)24-12-29-11-23(32-24)16-1-2-21-18(9-16)26(34-33-21)22-10-19-20(31-22)5-8-30-25(19)15-3-6-28-7-4-15/h1-12,17,31H,13-14,27H2,(H,33,34). The number of nitrogens with one attached hydrogen (secondary N) is 2. The van der Waals surface area contributed by atoms with E-state index in [1.54, 1.807) is 24.8 Å². The largest absolute Gasteiger partial charge is 0.353 e. The molecule has 0 amide bonds. The van der Waals surface area contributed by atoms with E-state index in [1.807, 2.05) is 36.5 Å². The second-order valence-corrected chi connectivity index (χ2v) is 8.80. The zero-order valence-electron chi connectivity index (χ0n) is 18.7. The molecule has 9 heteroatoms. The van der Waals surface area contributed by atoms with Gasteiger partial charge in [-0.25, -0.2) is 4.98 Å². The minimum absolute atomic E-state index is 0.205. The topological polar surface area (TPSA) is 125 Å². The molecule has 1 fully saturated rings. The number of hydrogen-bond donors (Lipinski definition) is 3. The minimum Gasteiger partial charge on any atom is -0.353 e. The van der Waals surface area contributed by atoms with Crippen molar-refractivity contribution < 1.29 is 0 Å². The molecule has 0 bridgehead atoms. The number of pyridine rings is 2. The van der Waals surface area contributed by atoms with Gasteiger partial charge in [0.05, 0.1) is 35.0 Å². The zero-order chi connectivity index (χ0) is 23.4. The van der Waals surface area contributed by atoms with Crippen molar-refractivity contribution >= 4 is 27.6 Å². The Balaban J connectivity index is 1.31. The first kappa shape index (κ1) is 19.8. The van der Waals surface area contributed by atoms with Gasteiger partial charge in [-0.3, -0.25) is 20.1 Å². The van der Waals surface area contributed by atoms with E-state index in [0.29, 0.717) is 0 Å². The van der Waals surface area contributed by atoms with Gasteiger partial charge in [0.2, 0.25) is 0 Å². The van der Waals surface area contributed by atoms with Gasteiger partial charge in [-0.2, -0.15) is 5.10 Å². The monoisotopic (exact) mass is 459 g/mol. The third-order valence-electron chi connectivity index (χ3n) is 6.47. The molecule has 170 valence electrons. The summed E-state index contributed by atoms with van der Waals surface area (Å²) in [6.45, 7) is 1.61. The van der Waals surface area contributed by atoms with Gasteiger partial charge in [0.1, 0.15) is 11.5 Å². The lowest BCUT2D eigenvalue weighted by atomic mass is 10.1. The first-order valence-corrected chi connectivity index (χ1v) is 11.4. The van der Waals surface area contributed by atoms with Gasteiger partial charge < -0.3 is 15.6 Å². The van der Waals surface area contributed by atoms with E-state index in [2.05, 4.69) is 47.2 Å². The van der Waals surface area contributed by atoms with Crippen molar-refractivity contribution in [3.05, 3.63) is 73.4 Å². The highest BCUT2D eigenvalue weighted by atomic mass is 15.3. The van der Waals surface area contributed by atoms with Crippen LogP contribution in [-0.2, 0) is 0 Å². The molecule has 0 radical (unpaired) electrons. The van der Waals surface area contributed by atoms with Crippen LogP contribution in [0.3, 0.4) is 0 Å². The average molecular weight is 460 g/mol. The predicted molar refractivity (Wildman–Crippen MR) is 136 cm³/mol. The molecule has 6 heterocycles. The molecule has 5 aromatic heterocycles. The summed E-state index contributed by atoms with van der Waals surface area (Å²) >= 11 is 0. The number of H-pyrrole nitrogens is 2. The Kier molecular flexibility index (Phi) is 4.36. The highest BCUT2D eigenvalue weighted by Crippen LogP contribution is 2.34. The summed E-state index contributed by atoms with van der Waals surface area (Å²) in [5.74, 6) is 0.850. The van der Waals surface area contributed by atoms with Crippen LogP contribution in [0.2, 0.25) is 0 Å². The molecular weight excluding hydrogens is 438 g/mol. The Morgan fingerprint density at radius 3 is 2.54 bits per heavy atom. The molecule has 6 aromatic rings. The maximum absolute atomic E-state index is 5.94. The van der Waals surface area contributed by atoms with Crippen LogP contribution in [0.1, 0.15) is 0 Å². The lowest BCUT2D eigenvalue weighted by Gasteiger charge is -2.37. The van der Waals surface area contributed by atoms with E-state index in [-0.39, 0.29) is 6.04 Å². The molecule has 0 aliphatic carbocycles. The van der Waals surface area contributed by atoms with Gasteiger partial charge in [-0.15, -0.1) is 0 Å². The van der Waals surface area contributed by atoms with Crippen molar-refractivity contribution in [1.29, 1.82) is 0 Å². The van der Waals surface area contributed by atoms with E-state index in [4.69, 9.17) is 10.7 Å². The molecular formula is C26H21N9. The molecule has 0 spiro atoms. The number of fused-ring (bicyclic) bond motifs is 2. The summed E-state index contributed by atoms with van der Waals surface area (Å²) in [6, 6.07) is 14.4. The number of rotatable bonds is 4. The van der Waals surface area contributed by atoms with Gasteiger partial charge in [-0.1, -0.05) is 6.07 Å². The lowest BCUT2D eigenvalue weighted by Crippen LogP contribution is -2.56. The molecule has 0 atom stereocenters. The van der Waals surface area contributed by atoms with Crippen LogP contribution in [0.5, 0.6) is 0 Å². The molecule has 1 aromatic carbocycles. The fourth-order valence-electron chi connectivity index (χ4n) is 4.65. The number of nitrogens with zero attached hydrogens (tertiary/aromatic N) is 6. The number of benzene rings is 1. The van der Waals surface area contributed by atoms with Crippen LogP contribution in [0.15, 0.2) is 73.4 Å². The number of aromatic nitrogens is 7. The van der Waals surface area contributed by atoms with Gasteiger partial charge in [0.15, 0.2) is 0 Å². The summed E-state index contributed by atoms with van der Waals surface area (Å²) < 4.78 is 0. The molecule has 1 aliphatic heterocycles. The summed E-state index contributed by atoms with van der Waals surface area (Å²) in [5.41, 5.74) is 13.4. The van der Waals surface area contributed by atoms with Crippen LogP contribution in [0.4, 0.5) is 5.82 Å². The van der Waals surface area contributed by atoms with Crippen LogP contribution < -0.4 is 10.6 Å². The van der Waals surface area contributed by atoms with E-state index in [1.165, 1.54) is 0 Å². The fourth-order valence-corrected chi connectivity index (χ4v) is 4.65. The maximum Gasteiger partial charge on any atom is 0.147 e. The van der Waals surface area contributed by atoms with Crippen LogP contribution in [0.25, 0.3) is 55.7 Å². The van der Waals surface area contributed by atoms with Gasteiger partial charge in [0, 0.05) is 65.1 Å². The van der Waals surface area contributed by atoms with Gasteiger partial charge in [0.25, 0.3) is 0 Å². The van der Waals surface area contributed by atoms with Crippen LogP contribution >= 0.6 is 0 Å². The fraction of sp³-hybridized carbons (Fsp3) is 0.115. The van der Waals surface area contributed by atoms with E-state index in [9.17, 15) is 0 Å².